The van der Waals surface area contributed by atoms with E-state index in [2.05, 4.69) is 31.3 Å². The van der Waals surface area contributed by atoms with Gasteiger partial charge in [-0.05, 0) is 17.7 Å². The van der Waals surface area contributed by atoms with Crippen molar-refractivity contribution >= 4 is 51.1 Å². The van der Waals surface area contributed by atoms with Crippen LogP contribution in [0.2, 0.25) is 5.15 Å². The van der Waals surface area contributed by atoms with Crippen LogP contribution in [0, 0.1) is 0 Å². The van der Waals surface area contributed by atoms with Crippen LogP contribution in [0.25, 0.3) is 22.4 Å². The summed E-state index contributed by atoms with van der Waals surface area (Å²) < 4.78 is 81.0. The van der Waals surface area contributed by atoms with Gasteiger partial charge in [-0.15, -0.1) is 0 Å². The molecule has 1 heterocycles. The number of halogens is 6. The van der Waals surface area contributed by atoms with Crippen LogP contribution >= 0.6 is 33.0 Å². The molecule has 172 valence electrons. The number of rotatable bonds is 3. The summed E-state index contributed by atoms with van der Waals surface area (Å²) in [4.78, 5) is 7.12. The number of alkyl halides is 3. The molecule has 0 aliphatic rings. The lowest BCUT2D eigenvalue weighted by molar-refractivity contribution is -0.144. The highest BCUT2D eigenvalue weighted by Crippen LogP contribution is 2.38. The van der Waals surface area contributed by atoms with Gasteiger partial charge in [0.2, 0.25) is 5.82 Å². The van der Waals surface area contributed by atoms with E-state index in [1.807, 2.05) is 0 Å². The second-order valence-electron chi connectivity index (χ2n) is 6.10. The summed E-state index contributed by atoms with van der Waals surface area (Å²) in [5.74, 6) is -1.37. The third-order valence-corrected chi connectivity index (χ3v) is 5.14. The van der Waals surface area contributed by atoms with Gasteiger partial charge in [0.05, 0.1) is 10.6 Å². The van der Waals surface area contributed by atoms with Crippen molar-refractivity contribution in [1.29, 1.82) is 0 Å². The highest BCUT2D eigenvalue weighted by atomic mass is 36.0. The quantitative estimate of drug-likeness (QED) is 0.313. The molecule has 6 nitrogen and oxygen atoms in total. The minimum Gasteiger partial charge on any atom is -0.224 e. The van der Waals surface area contributed by atoms with E-state index < -0.39 is 30.1 Å². The van der Waals surface area contributed by atoms with Crippen molar-refractivity contribution in [2.75, 3.05) is 6.26 Å². The molecule has 32 heavy (non-hydrogen) atoms. The first kappa shape index (κ1) is 26.3. The van der Waals surface area contributed by atoms with E-state index in [4.69, 9.17) is 20.0 Å². The van der Waals surface area contributed by atoms with E-state index in [-0.39, 0.29) is 26.9 Å². The van der Waals surface area contributed by atoms with Crippen molar-refractivity contribution in [3.8, 4) is 22.4 Å². The van der Waals surface area contributed by atoms with Gasteiger partial charge in [0, 0.05) is 38.7 Å². The van der Waals surface area contributed by atoms with Gasteiger partial charge in [0.1, 0.15) is 5.15 Å². The Bertz CT molecular complexity index is 1310. The van der Waals surface area contributed by atoms with E-state index >= 15 is 0 Å². The summed E-state index contributed by atoms with van der Waals surface area (Å²) >= 11 is 6.08. The summed E-state index contributed by atoms with van der Waals surface area (Å²) in [6.45, 7) is 0. The molecule has 0 N–H and O–H groups in total. The van der Waals surface area contributed by atoms with Crippen LogP contribution in [-0.2, 0) is 24.3 Å². The Morgan fingerprint density at radius 3 is 1.75 bits per heavy atom. The first-order valence-electron chi connectivity index (χ1n) is 8.22. The molecule has 0 unspecified atom stereocenters. The molecule has 0 aliphatic heterocycles. The van der Waals surface area contributed by atoms with Crippen molar-refractivity contribution < 1.29 is 30.0 Å². The van der Waals surface area contributed by atoms with Crippen LogP contribution in [0.1, 0.15) is 5.82 Å². The predicted octanol–water partition coefficient (Wildman–Crippen LogP) is 5.60. The summed E-state index contributed by atoms with van der Waals surface area (Å²) in [6, 6.07) is 13.9. The predicted molar refractivity (Wildman–Crippen MR) is 117 cm³/mol. The van der Waals surface area contributed by atoms with Crippen molar-refractivity contribution in [2.45, 2.75) is 11.1 Å². The Morgan fingerprint density at radius 1 is 0.812 bits per heavy atom. The largest absolute Gasteiger partial charge is 0.451 e. The lowest BCUT2D eigenvalue weighted by Crippen LogP contribution is -2.12. The Balaban J connectivity index is 0.000000654. The fourth-order valence-corrected chi connectivity index (χ4v) is 3.40. The van der Waals surface area contributed by atoms with E-state index in [0.29, 0.717) is 5.56 Å². The van der Waals surface area contributed by atoms with Gasteiger partial charge in [0.25, 0.3) is 0 Å². The minimum absolute atomic E-state index is 0.0337. The minimum atomic E-state index is -4.78. The average molecular weight is 548 g/mol. The van der Waals surface area contributed by atoms with Crippen molar-refractivity contribution in [2.24, 2.45) is 0 Å². The first-order chi connectivity index (χ1) is 14.6. The monoisotopic (exact) mass is 546 g/mol. The van der Waals surface area contributed by atoms with Crippen LogP contribution in [0.5, 0.6) is 0 Å². The van der Waals surface area contributed by atoms with E-state index in [1.165, 1.54) is 24.3 Å². The summed E-state index contributed by atoms with van der Waals surface area (Å²) in [5.41, 5.74) is 1.03. The Kier molecular flexibility index (Phi) is 8.16. The Morgan fingerprint density at radius 2 is 1.31 bits per heavy atom. The maximum absolute atomic E-state index is 13.2. The highest BCUT2D eigenvalue weighted by Gasteiger charge is 2.36. The molecule has 2 aromatic carbocycles. The molecular weight excluding hydrogens is 536 g/mol. The lowest BCUT2D eigenvalue weighted by Gasteiger charge is -2.14. The smallest absolute Gasteiger partial charge is 0.224 e. The third kappa shape index (κ3) is 7.59. The molecular formula is C18H12Cl3F3N2O4S2. The van der Waals surface area contributed by atoms with Crippen LogP contribution in [0.15, 0.2) is 59.5 Å². The van der Waals surface area contributed by atoms with Gasteiger partial charge in [0.15, 0.2) is 9.84 Å². The van der Waals surface area contributed by atoms with Crippen LogP contribution in [0.4, 0.5) is 13.2 Å². The molecule has 3 rings (SSSR count). The number of nitrogens with zero attached hydrogens (tertiary/aromatic N) is 2. The molecule has 0 spiro atoms. The summed E-state index contributed by atoms with van der Waals surface area (Å²) in [5, 5.41) is -0.342. The van der Waals surface area contributed by atoms with Crippen molar-refractivity contribution in [3.05, 3.63) is 65.6 Å². The van der Waals surface area contributed by atoms with Crippen molar-refractivity contribution in [3.63, 3.8) is 0 Å². The maximum Gasteiger partial charge on any atom is 0.451 e. The normalized spacial score (nSPS) is 12.1. The molecule has 0 radical (unpaired) electrons. The number of aromatic nitrogens is 2. The van der Waals surface area contributed by atoms with Gasteiger partial charge in [-0.3, -0.25) is 0 Å². The molecule has 3 aromatic rings. The molecule has 0 saturated carbocycles. The third-order valence-electron chi connectivity index (χ3n) is 3.74. The van der Waals surface area contributed by atoms with Crippen LogP contribution in [-0.4, -0.2) is 33.1 Å². The molecule has 1 aromatic heterocycles. The lowest BCUT2D eigenvalue weighted by atomic mass is 10.0. The van der Waals surface area contributed by atoms with Gasteiger partial charge >= 0.3 is 14.4 Å². The Hall–Kier alpha value is -1.92. The topological polar surface area (TPSA) is 94.1 Å². The van der Waals surface area contributed by atoms with Crippen molar-refractivity contribution in [1.82, 2.24) is 9.97 Å². The van der Waals surface area contributed by atoms with Gasteiger partial charge < -0.3 is 0 Å². The second-order valence-corrected chi connectivity index (χ2v) is 12.1. The molecule has 14 heteroatoms. The molecule has 0 bridgehead atoms. The van der Waals surface area contributed by atoms with Gasteiger partial charge in [-0.1, -0.05) is 54.1 Å². The summed E-state index contributed by atoms with van der Waals surface area (Å²) in [7, 11) is 1.37. The summed E-state index contributed by atoms with van der Waals surface area (Å²) in [6.07, 6.45) is -3.74. The Labute approximate surface area is 195 Å². The SMILES string of the molecule is CS(=O)(=O)c1ccc(-c2nc(C(F)(F)F)nc(Cl)c2-c2ccccc2)cc1.O=S(=O)(Cl)Cl. The molecule has 0 fully saturated rings. The van der Waals surface area contributed by atoms with E-state index in [9.17, 15) is 21.6 Å². The number of sulfone groups is 1. The number of benzene rings is 2. The zero-order chi connectivity index (χ0) is 24.3. The average Bonchev–Trinajstić information content (AvgIpc) is 2.65. The van der Waals surface area contributed by atoms with E-state index in [0.717, 1.165) is 6.26 Å². The maximum atomic E-state index is 13.2. The van der Waals surface area contributed by atoms with Gasteiger partial charge in [-0.2, -0.15) is 21.6 Å². The highest BCUT2D eigenvalue weighted by molar-refractivity contribution is 8.31. The molecule has 0 atom stereocenters. The molecule has 0 amide bonds. The fourth-order valence-electron chi connectivity index (χ4n) is 2.49. The van der Waals surface area contributed by atoms with Crippen LogP contribution < -0.4 is 0 Å². The number of hydrogen-bond donors (Lipinski definition) is 0. The standard InChI is InChI=1S/C18H12ClF3N2O2S.Cl2O2S/c1-27(25,26)13-9-7-12(8-10-13)15-14(11-5-3-2-4-6-11)16(19)24-17(23-15)18(20,21)22;1-5(2,3)4/h2-10H,1H3;. The van der Waals surface area contributed by atoms with Crippen LogP contribution in [0.3, 0.4) is 0 Å². The van der Waals surface area contributed by atoms with Gasteiger partial charge in [-0.25, -0.2) is 18.4 Å². The molecule has 0 saturated heterocycles. The second kappa shape index (κ2) is 9.92. The zero-order valence-corrected chi connectivity index (χ0v) is 19.7. The molecule has 0 aliphatic carbocycles. The number of hydrogen-bond acceptors (Lipinski definition) is 6. The van der Waals surface area contributed by atoms with E-state index in [1.54, 1.807) is 30.3 Å². The first-order valence-corrected chi connectivity index (χ1v) is 13.6. The zero-order valence-electron chi connectivity index (χ0n) is 15.8. The fraction of sp³-hybridized carbons (Fsp3) is 0.111.